The molecule has 0 bridgehead atoms. The zero-order chi connectivity index (χ0) is 20.4. The summed E-state index contributed by atoms with van der Waals surface area (Å²) in [6, 6.07) is 22.9. The lowest BCUT2D eigenvalue weighted by atomic mass is 10.2. The fraction of sp³-hybridized carbons (Fsp3) is 0. The highest BCUT2D eigenvalue weighted by molar-refractivity contribution is 6.53. The van der Waals surface area contributed by atoms with Gasteiger partial charge in [-0.15, -0.1) is 0 Å². The molecule has 4 rings (SSSR count). The average molecular weight is 425 g/mol. The Morgan fingerprint density at radius 2 is 1.34 bits per heavy atom. The van der Waals surface area contributed by atoms with E-state index in [1.54, 1.807) is 48.5 Å². The van der Waals surface area contributed by atoms with Crippen molar-refractivity contribution in [3.63, 3.8) is 0 Å². The van der Waals surface area contributed by atoms with Crippen molar-refractivity contribution in [2.75, 3.05) is 10.2 Å². The molecule has 144 valence electrons. The van der Waals surface area contributed by atoms with Crippen LogP contribution >= 0.6 is 23.2 Å². The number of nitrogens with zero attached hydrogens (tertiary/aromatic N) is 1. The predicted octanol–water partition coefficient (Wildman–Crippen LogP) is 5.57. The number of nitrogens with one attached hydrogen (secondary N) is 1. The molecule has 1 aliphatic rings. The van der Waals surface area contributed by atoms with E-state index < -0.39 is 11.8 Å². The molecule has 1 N–H and O–H groups in total. The van der Waals surface area contributed by atoms with Crippen molar-refractivity contribution in [3.8, 4) is 11.5 Å². The second kappa shape index (κ2) is 7.99. The summed E-state index contributed by atoms with van der Waals surface area (Å²) in [5.74, 6) is 0.147. The number of hydrogen-bond donors (Lipinski definition) is 1. The van der Waals surface area contributed by atoms with Gasteiger partial charge in [0.15, 0.2) is 0 Å². The van der Waals surface area contributed by atoms with Gasteiger partial charge in [-0.3, -0.25) is 9.59 Å². The summed E-state index contributed by atoms with van der Waals surface area (Å²) >= 11 is 12.3. The molecule has 1 heterocycles. The van der Waals surface area contributed by atoms with Crippen LogP contribution in [0.3, 0.4) is 0 Å². The van der Waals surface area contributed by atoms with Crippen LogP contribution in [0.2, 0.25) is 5.02 Å². The smallest absolute Gasteiger partial charge is 0.283 e. The van der Waals surface area contributed by atoms with Gasteiger partial charge in [0.1, 0.15) is 22.2 Å². The molecular weight excluding hydrogens is 411 g/mol. The maximum atomic E-state index is 12.8. The number of ether oxygens (including phenoxy) is 1. The molecule has 3 aromatic carbocycles. The standard InChI is InChI=1S/C22H14Cl2N2O3/c23-17-8-4-5-9-18(17)26-21(27)19(24)20(22(26)28)25-14-10-12-16(13-11-14)29-15-6-2-1-3-7-15/h1-13,25H. The minimum Gasteiger partial charge on any atom is -0.457 e. The molecule has 0 aromatic heterocycles. The first-order chi connectivity index (χ1) is 14.0. The molecule has 3 aromatic rings. The van der Waals surface area contributed by atoms with Gasteiger partial charge >= 0.3 is 0 Å². The van der Waals surface area contributed by atoms with Crippen molar-refractivity contribution in [3.05, 3.63) is 94.6 Å². The van der Waals surface area contributed by atoms with Gasteiger partial charge < -0.3 is 10.1 Å². The number of benzene rings is 3. The van der Waals surface area contributed by atoms with Crippen molar-refractivity contribution < 1.29 is 14.3 Å². The fourth-order valence-electron chi connectivity index (χ4n) is 2.84. The summed E-state index contributed by atoms with van der Waals surface area (Å²) in [5, 5.41) is 3.00. The van der Waals surface area contributed by atoms with Gasteiger partial charge in [-0.2, -0.15) is 0 Å². The molecule has 0 saturated heterocycles. The van der Waals surface area contributed by atoms with Crippen LogP contribution in [0.15, 0.2) is 89.6 Å². The van der Waals surface area contributed by atoms with E-state index in [2.05, 4.69) is 5.32 Å². The molecule has 0 radical (unpaired) electrons. The third-order valence-corrected chi connectivity index (χ3v) is 4.89. The second-order valence-electron chi connectivity index (χ2n) is 6.15. The van der Waals surface area contributed by atoms with Gasteiger partial charge in [-0.05, 0) is 48.5 Å². The van der Waals surface area contributed by atoms with Crippen LogP contribution in [0, 0.1) is 0 Å². The van der Waals surface area contributed by atoms with Gasteiger partial charge in [0, 0.05) is 5.69 Å². The maximum Gasteiger partial charge on any atom is 0.283 e. The molecule has 7 heteroatoms. The SMILES string of the molecule is O=C1C(Cl)=C(Nc2ccc(Oc3ccccc3)cc2)C(=O)N1c1ccccc1Cl. The number of carbonyl (C=O) groups is 2. The summed E-state index contributed by atoms with van der Waals surface area (Å²) in [6.07, 6.45) is 0. The Bertz CT molecular complexity index is 1110. The third kappa shape index (κ3) is 3.83. The van der Waals surface area contributed by atoms with E-state index in [9.17, 15) is 9.59 Å². The summed E-state index contributed by atoms with van der Waals surface area (Å²) in [5.41, 5.74) is 0.861. The number of anilines is 2. The van der Waals surface area contributed by atoms with Gasteiger partial charge in [-0.25, -0.2) is 4.90 Å². The van der Waals surface area contributed by atoms with Crippen LogP contribution in [0.25, 0.3) is 0 Å². The molecule has 0 atom stereocenters. The number of hydrogen-bond acceptors (Lipinski definition) is 4. The summed E-state index contributed by atoms with van der Waals surface area (Å²) in [7, 11) is 0. The fourth-order valence-corrected chi connectivity index (χ4v) is 3.27. The lowest BCUT2D eigenvalue weighted by Crippen LogP contribution is -2.32. The molecule has 2 amide bonds. The lowest BCUT2D eigenvalue weighted by Gasteiger charge is -2.16. The second-order valence-corrected chi connectivity index (χ2v) is 6.94. The van der Waals surface area contributed by atoms with Crippen molar-refractivity contribution in [1.29, 1.82) is 0 Å². The first-order valence-electron chi connectivity index (χ1n) is 8.67. The van der Waals surface area contributed by atoms with E-state index in [-0.39, 0.29) is 21.4 Å². The Kier molecular flexibility index (Phi) is 5.25. The van der Waals surface area contributed by atoms with Crippen LogP contribution < -0.4 is 15.0 Å². The highest BCUT2D eigenvalue weighted by Crippen LogP contribution is 2.34. The van der Waals surface area contributed by atoms with Crippen LogP contribution in [0.5, 0.6) is 11.5 Å². The molecule has 0 spiro atoms. The van der Waals surface area contributed by atoms with Crippen LogP contribution in [0.4, 0.5) is 11.4 Å². The zero-order valence-electron chi connectivity index (χ0n) is 14.9. The van der Waals surface area contributed by atoms with E-state index in [4.69, 9.17) is 27.9 Å². The average Bonchev–Trinajstić information content (AvgIpc) is 2.94. The third-order valence-electron chi connectivity index (χ3n) is 4.22. The largest absolute Gasteiger partial charge is 0.457 e. The Labute approximate surface area is 177 Å². The molecule has 29 heavy (non-hydrogen) atoms. The molecule has 1 aliphatic heterocycles. The molecule has 0 aliphatic carbocycles. The van der Waals surface area contributed by atoms with Gasteiger partial charge in [0.2, 0.25) is 0 Å². The van der Waals surface area contributed by atoms with E-state index in [0.717, 1.165) is 4.90 Å². The minimum atomic E-state index is -0.628. The first kappa shape index (κ1) is 19.1. The maximum absolute atomic E-state index is 12.8. The normalized spacial score (nSPS) is 13.8. The first-order valence-corrected chi connectivity index (χ1v) is 9.43. The Morgan fingerprint density at radius 1 is 0.724 bits per heavy atom. The minimum absolute atomic E-state index is 0.00619. The van der Waals surface area contributed by atoms with Crippen molar-refractivity contribution in [2.45, 2.75) is 0 Å². The number of carbonyl (C=O) groups excluding carboxylic acids is 2. The Morgan fingerprint density at radius 3 is 2.03 bits per heavy atom. The molecule has 0 unspecified atom stereocenters. The number of rotatable bonds is 5. The molecule has 0 fully saturated rings. The summed E-state index contributed by atoms with van der Waals surface area (Å²) < 4.78 is 5.74. The van der Waals surface area contributed by atoms with Crippen molar-refractivity contribution in [2.24, 2.45) is 0 Å². The molecule has 5 nitrogen and oxygen atoms in total. The van der Waals surface area contributed by atoms with Gasteiger partial charge in [0.05, 0.1) is 10.7 Å². The van der Waals surface area contributed by atoms with Gasteiger partial charge in [-0.1, -0.05) is 53.5 Å². The highest BCUT2D eigenvalue weighted by atomic mass is 35.5. The van der Waals surface area contributed by atoms with E-state index in [1.807, 2.05) is 30.3 Å². The summed E-state index contributed by atoms with van der Waals surface area (Å²) in [6.45, 7) is 0. The quantitative estimate of drug-likeness (QED) is 0.544. The van der Waals surface area contributed by atoms with Crippen molar-refractivity contribution in [1.82, 2.24) is 0 Å². The zero-order valence-corrected chi connectivity index (χ0v) is 16.4. The summed E-state index contributed by atoms with van der Waals surface area (Å²) in [4.78, 5) is 26.3. The number of amides is 2. The molecular formula is C22H14Cl2N2O3. The predicted molar refractivity (Wildman–Crippen MR) is 113 cm³/mol. The van der Waals surface area contributed by atoms with Crippen LogP contribution in [0.1, 0.15) is 0 Å². The number of para-hydroxylation sites is 2. The van der Waals surface area contributed by atoms with Crippen molar-refractivity contribution >= 4 is 46.4 Å². The number of halogens is 2. The van der Waals surface area contributed by atoms with Crippen LogP contribution in [-0.2, 0) is 9.59 Å². The highest BCUT2D eigenvalue weighted by Gasteiger charge is 2.39. The Hall–Kier alpha value is -3.28. The molecule has 0 saturated carbocycles. The van der Waals surface area contributed by atoms with Gasteiger partial charge in [0.25, 0.3) is 11.8 Å². The van der Waals surface area contributed by atoms with Crippen LogP contribution in [-0.4, -0.2) is 11.8 Å². The van der Waals surface area contributed by atoms with E-state index >= 15 is 0 Å². The Balaban J connectivity index is 1.52. The number of imide groups is 1. The topological polar surface area (TPSA) is 58.6 Å². The van der Waals surface area contributed by atoms with E-state index in [0.29, 0.717) is 17.2 Å². The monoisotopic (exact) mass is 424 g/mol. The lowest BCUT2D eigenvalue weighted by molar-refractivity contribution is -0.120. The van der Waals surface area contributed by atoms with E-state index in [1.165, 1.54) is 0 Å².